The van der Waals surface area contributed by atoms with Crippen molar-refractivity contribution >= 4 is 17.5 Å². The third-order valence-corrected chi connectivity index (χ3v) is 3.11. The van der Waals surface area contributed by atoms with Crippen molar-refractivity contribution in [1.29, 1.82) is 0 Å². The van der Waals surface area contributed by atoms with Crippen LogP contribution in [0.4, 0.5) is 5.69 Å². The van der Waals surface area contributed by atoms with Crippen molar-refractivity contribution in [2.75, 3.05) is 39.3 Å². The summed E-state index contributed by atoms with van der Waals surface area (Å²) >= 11 is 0. The number of benzene rings is 1. The summed E-state index contributed by atoms with van der Waals surface area (Å²) in [6.45, 7) is 0.948. The normalized spacial score (nSPS) is 15.7. The molecule has 1 aromatic carbocycles. The Kier molecular flexibility index (Phi) is 3.59. The summed E-state index contributed by atoms with van der Waals surface area (Å²) in [5.74, 6) is 0.0832. The van der Waals surface area contributed by atoms with Gasteiger partial charge in [-0.05, 0) is 12.1 Å². The van der Waals surface area contributed by atoms with E-state index >= 15 is 0 Å². The fourth-order valence-corrected chi connectivity index (χ4v) is 1.97. The number of rotatable bonds is 3. The molecule has 0 radical (unpaired) electrons. The van der Waals surface area contributed by atoms with E-state index in [0.29, 0.717) is 30.3 Å². The van der Waals surface area contributed by atoms with Gasteiger partial charge < -0.3 is 14.4 Å². The number of carbonyl (C=O) groups is 2. The smallest absolute Gasteiger partial charge is 0.316 e. The van der Waals surface area contributed by atoms with Crippen molar-refractivity contribution in [2.24, 2.45) is 0 Å². The van der Waals surface area contributed by atoms with Crippen molar-refractivity contribution in [3.05, 3.63) is 18.2 Å². The van der Waals surface area contributed by atoms with Gasteiger partial charge in [-0.25, -0.2) is 0 Å². The van der Waals surface area contributed by atoms with Crippen LogP contribution in [0.25, 0.3) is 0 Å². The average Bonchev–Trinajstić information content (AvgIpc) is 2.44. The van der Waals surface area contributed by atoms with Gasteiger partial charge in [-0.2, -0.15) is 0 Å². The van der Waals surface area contributed by atoms with Crippen LogP contribution in [-0.2, 0) is 9.59 Å². The number of ether oxygens (including phenoxy) is 2. The number of likely N-dealkylation sites (N-methyl/N-ethyl adjacent to an activating group) is 1. The minimum atomic E-state index is -0.544. The highest BCUT2D eigenvalue weighted by atomic mass is 16.5. The second-order valence-corrected chi connectivity index (χ2v) is 4.22. The molecule has 0 atom stereocenters. The Hall–Kier alpha value is -2.24. The molecule has 0 N–H and O–H groups in total. The van der Waals surface area contributed by atoms with Gasteiger partial charge in [0.2, 0.25) is 0 Å². The van der Waals surface area contributed by atoms with Crippen molar-refractivity contribution in [1.82, 2.24) is 4.90 Å². The third-order valence-electron chi connectivity index (χ3n) is 3.11. The molecule has 0 spiro atoms. The molecule has 0 saturated carbocycles. The zero-order valence-corrected chi connectivity index (χ0v) is 11.2. The van der Waals surface area contributed by atoms with Crippen LogP contribution in [0.15, 0.2) is 18.2 Å². The Bertz CT molecular complexity index is 515. The molecule has 0 aromatic heterocycles. The summed E-state index contributed by atoms with van der Waals surface area (Å²) in [6.07, 6.45) is 0. The summed E-state index contributed by atoms with van der Waals surface area (Å²) in [5.41, 5.74) is 0.578. The number of carbonyl (C=O) groups excluding carboxylic acids is 2. The van der Waals surface area contributed by atoms with Gasteiger partial charge in [-0.15, -0.1) is 0 Å². The highest BCUT2D eigenvalue weighted by Gasteiger charge is 2.32. The molecule has 1 saturated heterocycles. The first kappa shape index (κ1) is 13.2. The van der Waals surface area contributed by atoms with Crippen molar-refractivity contribution in [2.45, 2.75) is 0 Å². The molecule has 102 valence electrons. The first-order valence-electron chi connectivity index (χ1n) is 5.87. The highest BCUT2D eigenvalue weighted by molar-refractivity contribution is 6.41. The van der Waals surface area contributed by atoms with Crippen LogP contribution in [0.1, 0.15) is 0 Å². The first-order valence-corrected chi connectivity index (χ1v) is 5.87. The Morgan fingerprint density at radius 3 is 2.42 bits per heavy atom. The predicted octanol–water partition coefficient (Wildman–Crippen LogP) is 0.509. The monoisotopic (exact) mass is 264 g/mol. The maximum Gasteiger partial charge on any atom is 0.316 e. The fraction of sp³-hybridized carbons (Fsp3) is 0.385. The van der Waals surface area contributed by atoms with Gasteiger partial charge >= 0.3 is 11.8 Å². The van der Waals surface area contributed by atoms with Gasteiger partial charge in [-0.3, -0.25) is 14.5 Å². The van der Waals surface area contributed by atoms with E-state index in [0.717, 1.165) is 0 Å². The van der Waals surface area contributed by atoms with E-state index in [-0.39, 0.29) is 0 Å². The molecule has 19 heavy (non-hydrogen) atoms. The lowest BCUT2D eigenvalue weighted by molar-refractivity contribution is -0.145. The molecular formula is C13H16N2O4. The highest BCUT2D eigenvalue weighted by Crippen LogP contribution is 2.33. The Balaban J connectivity index is 2.36. The third kappa shape index (κ3) is 2.33. The lowest BCUT2D eigenvalue weighted by atomic mass is 10.2. The standard InChI is InChI=1S/C13H16N2O4/c1-14-6-7-15(13(17)12(14)16)10-5-4-9(18-2)8-11(10)19-3/h4-5,8H,6-7H2,1-3H3. The molecule has 2 rings (SSSR count). The second-order valence-electron chi connectivity index (χ2n) is 4.22. The van der Waals surface area contributed by atoms with Crippen molar-refractivity contribution in [3.63, 3.8) is 0 Å². The quantitative estimate of drug-likeness (QED) is 0.746. The maximum absolute atomic E-state index is 12.0. The van der Waals surface area contributed by atoms with Crippen LogP contribution >= 0.6 is 0 Å². The minimum absolute atomic E-state index is 0.448. The summed E-state index contributed by atoms with van der Waals surface area (Å²) in [7, 11) is 4.68. The molecule has 6 nitrogen and oxygen atoms in total. The van der Waals surface area contributed by atoms with Crippen LogP contribution in [0.3, 0.4) is 0 Å². The maximum atomic E-state index is 12.0. The molecule has 0 aliphatic carbocycles. The average molecular weight is 264 g/mol. The van der Waals surface area contributed by atoms with E-state index in [9.17, 15) is 9.59 Å². The van der Waals surface area contributed by atoms with Gasteiger partial charge in [0.25, 0.3) is 0 Å². The van der Waals surface area contributed by atoms with Gasteiger partial charge in [0.05, 0.1) is 19.9 Å². The molecule has 6 heteroatoms. The van der Waals surface area contributed by atoms with Gasteiger partial charge in [0.1, 0.15) is 11.5 Å². The SMILES string of the molecule is COc1ccc(N2CCN(C)C(=O)C2=O)c(OC)c1. The number of anilines is 1. The number of hydrogen-bond acceptors (Lipinski definition) is 4. The molecule has 1 aromatic rings. The molecule has 0 unspecified atom stereocenters. The lowest BCUT2D eigenvalue weighted by Gasteiger charge is -2.32. The fourth-order valence-electron chi connectivity index (χ4n) is 1.97. The predicted molar refractivity (Wildman–Crippen MR) is 69.5 cm³/mol. The first-order chi connectivity index (χ1) is 9.08. The minimum Gasteiger partial charge on any atom is -0.497 e. The van der Waals surface area contributed by atoms with Gasteiger partial charge in [0.15, 0.2) is 0 Å². The van der Waals surface area contributed by atoms with E-state index in [1.807, 2.05) is 0 Å². The summed E-state index contributed by atoms with van der Waals surface area (Å²) in [6, 6.07) is 5.13. The molecule has 0 bridgehead atoms. The molecule has 1 fully saturated rings. The Labute approximate surface area is 111 Å². The number of nitrogens with zero attached hydrogens (tertiary/aromatic N) is 2. The van der Waals surface area contributed by atoms with E-state index in [1.165, 1.54) is 16.9 Å². The molecule has 1 heterocycles. The van der Waals surface area contributed by atoms with E-state index in [4.69, 9.17) is 9.47 Å². The van der Waals surface area contributed by atoms with E-state index in [2.05, 4.69) is 0 Å². The molecule has 2 amide bonds. The van der Waals surface area contributed by atoms with E-state index in [1.54, 1.807) is 32.4 Å². The number of hydrogen-bond donors (Lipinski definition) is 0. The lowest BCUT2D eigenvalue weighted by Crippen LogP contribution is -2.53. The van der Waals surface area contributed by atoms with Crippen LogP contribution < -0.4 is 14.4 Å². The summed E-state index contributed by atoms with van der Waals surface area (Å²) in [5, 5.41) is 0. The van der Waals surface area contributed by atoms with Crippen molar-refractivity contribution < 1.29 is 19.1 Å². The zero-order valence-electron chi connectivity index (χ0n) is 11.2. The summed E-state index contributed by atoms with van der Waals surface area (Å²) in [4.78, 5) is 26.6. The van der Waals surface area contributed by atoms with Crippen molar-refractivity contribution in [3.8, 4) is 11.5 Å². The zero-order chi connectivity index (χ0) is 14.0. The van der Waals surface area contributed by atoms with Crippen LogP contribution in [-0.4, -0.2) is 51.1 Å². The number of piperazine rings is 1. The topological polar surface area (TPSA) is 59.1 Å². The second kappa shape index (κ2) is 5.17. The van der Waals surface area contributed by atoms with Crippen LogP contribution in [0.2, 0.25) is 0 Å². The van der Waals surface area contributed by atoms with Gasteiger partial charge in [-0.1, -0.05) is 0 Å². The molecular weight excluding hydrogens is 248 g/mol. The molecule has 1 aliphatic heterocycles. The Morgan fingerprint density at radius 1 is 1.05 bits per heavy atom. The summed E-state index contributed by atoms with van der Waals surface area (Å²) < 4.78 is 10.4. The number of methoxy groups -OCH3 is 2. The largest absolute Gasteiger partial charge is 0.497 e. The number of amides is 2. The van der Waals surface area contributed by atoms with E-state index < -0.39 is 11.8 Å². The molecule has 1 aliphatic rings. The van der Waals surface area contributed by atoms with Crippen LogP contribution in [0, 0.1) is 0 Å². The Morgan fingerprint density at radius 2 is 1.79 bits per heavy atom. The van der Waals surface area contributed by atoms with Gasteiger partial charge in [0, 0.05) is 26.2 Å². The van der Waals surface area contributed by atoms with Crippen LogP contribution in [0.5, 0.6) is 11.5 Å².